The molecule has 1 saturated carbocycles. The molecule has 0 aromatic heterocycles. The van der Waals surface area contributed by atoms with Crippen molar-refractivity contribution in [2.75, 3.05) is 0 Å². The number of rotatable bonds is 0. The summed E-state index contributed by atoms with van der Waals surface area (Å²) in [6.07, 6.45) is 2.32. The van der Waals surface area contributed by atoms with Crippen molar-refractivity contribution in [2.45, 2.75) is 29.3 Å². The molecule has 0 aromatic carbocycles. The third-order valence-corrected chi connectivity index (χ3v) is 2.84. The molecule has 5 heteroatoms. The van der Waals surface area contributed by atoms with Crippen LogP contribution in [-0.2, 0) is 21.1 Å². The largest absolute Gasteiger partial charge is 0.311 e. The Morgan fingerprint density at radius 2 is 1.60 bits per heavy atom. The first-order chi connectivity index (χ1) is 3.96. The Kier molecular flexibility index (Phi) is 3.67. The average Bonchev–Trinajstić information content (AvgIpc) is 1.81. The first-order valence-electron chi connectivity index (χ1n) is 2.91. The van der Waals surface area contributed by atoms with Crippen LogP contribution in [0.2, 0.25) is 0 Å². The molecule has 0 bridgehead atoms. The van der Waals surface area contributed by atoms with E-state index in [9.17, 15) is 0 Å². The maximum atomic E-state index is 5.77. The molecule has 0 aliphatic heterocycles. The number of alkyl halides is 2. The van der Waals surface area contributed by atoms with E-state index in [2.05, 4.69) is 0 Å². The summed E-state index contributed by atoms with van der Waals surface area (Å²) >= 11 is 11.5. The molecule has 0 radical (unpaired) electrons. The van der Waals surface area contributed by atoms with Crippen molar-refractivity contribution in [2.24, 2.45) is 11.5 Å². The second kappa shape index (κ2) is 3.28. The Morgan fingerprint density at radius 3 is 1.70 bits per heavy atom. The standard InChI is InChI=1S/C5H10Cl2N2.Pt/c6-4(7)2-1-3-5(4,8)9;/h1-3,8-9H2;. The molecule has 1 fully saturated rings. The quantitative estimate of drug-likeness (QED) is 0.497. The SMILES string of the molecule is NC1(N)CCCC1(Cl)Cl.[Pt]. The molecule has 64 valence electrons. The molecule has 10 heavy (non-hydrogen) atoms. The van der Waals surface area contributed by atoms with Gasteiger partial charge in [0.25, 0.3) is 0 Å². The molecule has 0 spiro atoms. The molecule has 0 atom stereocenters. The van der Waals surface area contributed by atoms with Crippen LogP contribution in [0.1, 0.15) is 19.3 Å². The minimum absolute atomic E-state index is 0. The van der Waals surface area contributed by atoms with Gasteiger partial charge < -0.3 is 11.5 Å². The molecule has 4 N–H and O–H groups in total. The van der Waals surface area contributed by atoms with Crippen LogP contribution in [0.3, 0.4) is 0 Å². The third kappa shape index (κ3) is 1.86. The van der Waals surface area contributed by atoms with Crippen LogP contribution < -0.4 is 11.5 Å². The van der Waals surface area contributed by atoms with Gasteiger partial charge in [-0.25, -0.2) is 0 Å². The van der Waals surface area contributed by atoms with Crippen LogP contribution in [0.25, 0.3) is 0 Å². The van der Waals surface area contributed by atoms with Crippen molar-refractivity contribution in [1.82, 2.24) is 0 Å². The summed E-state index contributed by atoms with van der Waals surface area (Å²) in [6.45, 7) is 0. The smallest absolute Gasteiger partial charge is 0.148 e. The van der Waals surface area contributed by atoms with Crippen molar-refractivity contribution in [3.8, 4) is 0 Å². The van der Waals surface area contributed by atoms with Crippen LogP contribution in [-0.4, -0.2) is 10.00 Å². The van der Waals surface area contributed by atoms with Crippen LogP contribution in [0, 0.1) is 0 Å². The average molecular weight is 364 g/mol. The molecule has 0 aromatic rings. The normalized spacial score (nSPS) is 27.6. The molecule has 1 rings (SSSR count). The van der Waals surface area contributed by atoms with Crippen LogP contribution in [0.5, 0.6) is 0 Å². The first kappa shape index (κ1) is 11.2. The summed E-state index contributed by atoms with van der Waals surface area (Å²) in [5.41, 5.74) is 10.3. The van der Waals surface area contributed by atoms with E-state index in [1.807, 2.05) is 0 Å². The second-order valence-electron chi connectivity index (χ2n) is 2.60. The van der Waals surface area contributed by atoms with Crippen molar-refractivity contribution in [1.29, 1.82) is 0 Å². The van der Waals surface area contributed by atoms with Gasteiger partial charge in [0.15, 0.2) is 0 Å². The van der Waals surface area contributed by atoms with E-state index in [4.69, 9.17) is 34.7 Å². The van der Waals surface area contributed by atoms with Gasteiger partial charge in [-0.15, -0.1) is 0 Å². The molecule has 0 unspecified atom stereocenters. The molecular formula is C5H10Cl2N2Pt. The number of hydrogen-bond donors (Lipinski definition) is 2. The minimum Gasteiger partial charge on any atom is -0.311 e. The van der Waals surface area contributed by atoms with Crippen LogP contribution >= 0.6 is 23.2 Å². The Labute approximate surface area is 84.9 Å². The molecule has 1 aliphatic rings. The van der Waals surface area contributed by atoms with E-state index >= 15 is 0 Å². The summed E-state index contributed by atoms with van der Waals surface area (Å²) < 4.78 is -0.910. The molecule has 2 nitrogen and oxygen atoms in total. The fraction of sp³-hybridized carbons (Fsp3) is 1.00. The maximum Gasteiger partial charge on any atom is 0.148 e. The van der Waals surface area contributed by atoms with E-state index in [1.165, 1.54) is 0 Å². The number of halogens is 2. The van der Waals surface area contributed by atoms with E-state index in [1.54, 1.807) is 0 Å². The summed E-state index contributed by atoms with van der Waals surface area (Å²) in [5, 5.41) is 0. The van der Waals surface area contributed by atoms with Gasteiger partial charge in [-0.1, -0.05) is 23.2 Å². The third-order valence-electron chi connectivity index (χ3n) is 1.76. The van der Waals surface area contributed by atoms with E-state index in [0.717, 1.165) is 6.42 Å². The number of nitrogens with two attached hydrogens (primary N) is 2. The van der Waals surface area contributed by atoms with E-state index < -0.39 is 10.00 Å². The van der Waals surface area contributed by atoms with Crippen molar-refractivity contribution in [3.63, 3.8) is 0 Å². The summed E-state index contributed by atoms with van der Waals surface area (Å²) in [6, 6.07) is 0. The molecule has 1 aliphatic carbocycles. The van der Waals surface area contributed by atoms with Crippen molar-refractivity contribution < 1.29 is 21.1 Å². The molecule has 0 amide bonds. The van der Waals surface area contributed by atoms with E-state index in [0.29, 0.717) is 12.8 Å². The predicted octanol–water partition coefficient (Wildman–Crippen LogP) is 0.955. The zero-order chi connectivity index (χ0) is 7.12. The Balaban J connectivity index is 0.000000810. The Morgan fingerprint density at radius 1 is 1.10 bits per heavy atom. The van der Waals surface area contributed by atoms with Crippen LogP contribution in [0.15, 0.2) is 0 Å². The summed E-state index contributed by atoms with van der Waals surface area (Å²) in [7, 11) is 0. The summed E-state index contributed by atoms with van der Waals surface area (Å²) in [5.74, 6) is 0. The molecule has 0 heterocycles. The monoisotopic (exact) mass is 363 g/mol. The van der Waals surface area contributed by atoms with Gasteiger partial charge >= 0.3 is 0 Å². The topological polar surface area (TPSA) is 52.0 Å². The van der Waals surface area contributed by atoms with Gasteiger partial charge in [0, 0.05) is 21.1 Å². The second-order valence-corrected chi connectivity index (χ2v) is 4.08. The van der Waals surface area contributed by atoms with Gasteiger partial charge in [0.05, 0.1) is 5.66 Å². The summed E-state index contributed by atoms with van der Waals surface area (Å²) in [4.78, 5) is 0. The predicted molar refractivity (Wildman–Crippen MR) is 39.4 cm³/mol. The zero-order valence-electron chi connectivity index (χ0n) is 5.35. The van der Waals surface area contributed by atoms with Crippen molar-refractivity contribution >= 4 is 23.2 Å². The van der Waals surface area contributed by atoms with Gasteiger partial charge in [-0.2, -0.15) is 0 Å². The van der Waals surface area contributed by atoms with Gasteiger partial charge in [0.2, 0.25) is 0 Å². The van der Waals surface area contributed by atoms with Crippen molar-refractivity contribution in [3.05, 3.63) is 0 Å². The van der Waals surface area contributed by atoms with Gasteiger partial charge in [-0.05, 0) is 19.3 Å². The Bertz CT molecular complexity index is 113. The fourth-order valence-corrected chi connectivity index (χ4v) is 1.47. The van der Waals surface area contributed by atoms with Gasteiger partial charge in [0.1, 0.15) is 4.33 Å². The van der Waals surface area contributed by atoms with Crippen LogP contribution in [0.4, 0.5) is 0 Å². The first-order valence-corrected chi connectivity index (χ1v) is 3.67. The maximum absolute atomic E-state index is 5.77. The molecular weight excluding hydrogens is 354 g/mol. The Hall–Kier alpha value is 1.19. The number of hydrogen-bond acceptors (Lipinski definition) is 2. The zero-order valence-corrected chi connectivity index (χ0v) is 9.13. The van der Waals surface area contributed by atoms with Gasteiger partial charge in [-0.3, -0.25) is 0 Å². The molecule has 0 saturated heterocycles. The van der Waals surface area contributed by atoms with E-state index in [-0.39, 0.29) is 21.1 Å². The minimum atomic E-state index is -0.910. The fourth-order valence-electron chi connectivity index (χ4n) is 1.02.